The zero-order chi connectivity index (χ0) is 18.1. The van der Waals surface area contributed by atoms with E-state index in [0.717, 1.165) is 6.42 Å². The minimum absolute atomic E-state index is 0.0634. The zero-order valence-electron chi connectivity index (χ0n) is 17.2. The van der Waals surface area contributed by atoms with Gasteiger partial charge >= 0.3 is 0 Å². The molecule has 3 nitrogen and oxygen atoms in total. The maximum atomic E-state index is 6.62. The Morgan fingerprint density at radius 2 is 1.39 bits per heavy atom. The van der Waals surface area contributed by atoms with Crippen LogP contribution in [0.15, 0.2) is 0 Å². The van der Waals surface area contributed by atoms with Crippen LogP contribution in [0.4, 0.5) is 0 Å². The lowest BCUT2D eigenvalue weighted by Crippen LogP contribution is -2.43. The lowest BCUT2D eigenvalue weighted by atomic mass is 9.69. The molecular weight excluding hydrogens is 288 g/mol. The quantitative estimate of drug-likeness (QED) is 0.670. The van der Waals surface area contributed by atoms with Gasteiger partial charge in [0.1, 0.15) is 0 Å². The predicted molar refractivity (Wildman–Crippen MR) is 96.7 cm³/mol. The van der Waals surface area contributed by atoms with Crippen LogP contribution in [-0.4, -0.2) is 38.6 Å². The van der Waals surface area contributed by atoms with Gasteiger partial charge in [0.05, 0.1) is 31.5 Å². The lowest BCUT2D eigenvalue weighted by molar-refractivity contribution is -0.0865. The summed E-state index contributed by atoms with van der Waals surface area (Å²) in [5.74, 6) is 0.391. The molecule has 0 aromatic carbocycles. The second-order valence-electron chi connectivity index (χ2n) is 10.4. The average Bonchev–Trinajstić information content (AvgIpc) is 2.65. The molecule has 0 N–H and O–H groups in total. The highest BCUT2D eigenvalue weighted by molar-refractivity contribution is 5.01. The Kier molecular flexibility index (Phi) is 6.74. The number of rotatable bonds is 5. The topological polar surface area (TPSA) is 27.7 Å². The average molecular weight is 329 g/mol. The van der Waals surface area contributed by atoms with Crippen molar-refractivity contribution in [2.75, 3.05) is 20.3 Å². The first-order valence-corrected chi connectivity index (χ1v) is 9.03. The minimum Gasteiger partial charge on any atom is -0.382 e. The Morgan fingerprint density at radius 3 is 1.78 bits per heavy atom. The van der Waals surface area contributed by atoms with Gasteiger partial charge in [-0.2, -0.15) is 0 Å². The zero-order valence-corrected chi connectivity index (χ0v) is 17.2. The summed E-state index contributed by atoms with van der Waals surface area (Å²) in [6.45, 7) is 21.8. The van der Waals surface area contributed by atoms with E-state index in [9.17, 15) is 0 Å². The third-order valence-corrected chi connectivity index (χ3v) is 4.64. The maximum Gasteiger partial charge on any atom is 0.0900 e. The van der Waals surface area contributed by atoms with Crippen LogP contribution in [0.25, 0.3) is 0 Å². The first-order chi connectivity index (χ1) is 10.3. The summed E-state index contributed by atoms with van der Waals surface area (Å²) in [7, 11) is 1.72. The van der Waals surface area contributed by atoms with Gasteiger partial charge in [0.2, 0.25) is 0 Å². The monoisotopic (exact) mass is 328 g/mol. The lowest BCUT2D eigenvalue weighted by Gasteiger charge is -2.38. The molecule has 0 amide bonds. The third kappa shape index (κ3) is 6.03. The Balaban J connectivity index is 3.09. The van der Waals surface area contributed by atoms with E-state index in [0.29, 0.717) is 19.1 Å². The van der Waals surface area contributed by atoms with E-state index in [1.54, 1.807) is 7.11 Å². The molecule has 1 saturated heterocycles. The van der Waals surface area contributed by atoms with Gasteiger partial charge in [-0.1, -0.05) is 62.3 Å². The number of hydrogen-bond acceptors (Lipinski definition) is 3. The summed E-state index contributed by atoms with van der Waals surface area (Å²) in [6, 6.07) is 0. The van der Waals surface area contributed by atoms with Gasteiger partial charge < -0.3 is 14.2 Å². The number of methoxy groups -OCH3 is 1. The number of hydrogen-bond donors (Lipinski definition) is 0. The molecule has 0 bridgehead atoms. The largest absolute Gasteiger partial charge is 0.382 e. The van der Waals surface area contributed by atoms with E-state index in [1.165, 1.54) is 0 Å². The highest BCUT2D eigenvalue weighted by Gasteiger charge is 2.53. The van der Waals surface area contributed by atoms with Crippen molar-refractivity contribution >= 4 is 0 Å². The van der Waals surface area contributed by atoms with Gasteiger partial charge in [0.25, 0.3) is 0 Å². The van der Waals surface area contributed by atoms with Gasteiger partial charge in [-0.3, -0.25) is 0 Å². The molecule has 1 aliphatic rings. The van der Waals surface area contributed by atoms with E-state index >= 15 is 0 Å². The second kappa shape index (κ2) is 7.41. The van der Waals surface area contributed by atoms with Crippen molar-refractivity contribution in [1.82, 2.24) is 0 Å². The van der Waals surface area contributed by atoms with Gasteiger partial charge in [-0.15, -0.1) is 0 Å². The molecule has 1 fully saturated rings. The molecule has 3 heteroatoms. The fourth-order valence-corrected chi connectivity index (χ4v) is 3.73. The normalized spacial score (nSPS) is 30.0. The Bertz CT molecular complexity index is 357. The third-order valence-electron chi connectivity index (χ3n) is 4.64. The minimum atomic E-state index is 0.0634. The van der Waals surface area contributed by atoms with Gasteiger partial charge in [0, 0.05) is 13.0 Å². The molecule has 1 rings (SSSR count). The van der Waals surface area contributed by atoms with E-state index in [2.05, 4.69) is 62.3 Å². The molecular formula is C20H40O3. The Morgan fingerprint density at radius 1 is 0.826 bits per heavy atom. The molecule has 4 atom stereocenters. The van der Waals surface area contributed by atoms with Crippen molar-refractivity contribution in [3.8, 4) is 0 Å². The van der Waals surface area contributed by atoms with Crippen LogP contribution in [0.5, 0.6) is 0 Å². The second-order valence-corrected chi connectivity index (χ2v) is 10.4. The summed E-state index contributed by atoms with van der Waals surface area (Å²) in [6.07, 6.45) is 1.55. The van der Waals surface area contributed by atoms with Gasteiger partial charge in [-0.05, 0) is 22.7 Å². The predicted octanol–water partition coefficient (Wildman–Crippen LogP) is 4.93. The van der Waals surface area contributed by atoms with Crippen molar-refractivity contribution in [2.24, 2.45) is 22.2 Å². The molecule has 23 heavy (non-hydrogen) atoms. The molecule has 1 heterocycles. The molecule has 0 saturated carbocycles. The van der Waals surface area contributed by atoms with Crippen LogP contribution >= 0.6 is 0 Å². The molecule has 0 radical (unpaired) electrons. The standard InChI is InChI=1S/C20H40O3/c1-18(2,3)13-14-15(19(4,5)6)16(22-12-11-21-10)17(23-14)20(7,8)9/h14-17H,11-13H2,1-10H3/t14-,15?,16+,17-/m1/s1. The molecule has 1 aliphatic heterocycles. The molecule has 138 valence electrons. The van der Waals surface area contributed by atoms with Crippen molar-refractivity contribution < 1.29 is 14.2 Å². The van der Waals surface area contributed by atoms with E-state index in [1.807, 2.05) is 0 Å². The smallest absolute Gasteiger partial charge is 0.0900 e. The van der Waals surface area contributed by atoms with Gasteiger partial charge in [0.15, 0.2) is 0 Å². The highest BCUT2D eigenvalue weighted by atomic mass is 16.6. The van der Waals surface area contributed by atoms with Crippen LogP contribution < -0.4 is 0 Å². The first kappa shape index (κ1) is 20.9. The van der Waals surface area contributed by atoms with Crippen molar-refractivity contribution in [2.45, 2.75) is 87.0 Å². The molecule has 0 aliphatic carbocycles. The maximum absolute atomic E-state index is 6.62. The van der Waals surface area contributed by atoms with Crippen LogP contribution in [0.1, 0.15) is 68.7 Å². The first-order valence-electron chi connectivity index (χ1n) is 9.03. The van der Waals surface area contributed by atoms with E-state index < -0.39 is 0 Å². The van der Waals surface area contributed by atoms with Crippen LogP contribution in [0.2, 0.25) is 0 Å². The summed E-state index contributed by atoms with van der Waals surface area (Å²) >= 11 is 0. The van der Waals surface area contributed by atoms with E-state index in [4.69, 9.17) is 14.2 Å². The van der Waals surface area contributed by atoms with Crippen molar-refractivity contribution in [1.29, 1.82) is 0 Å². The number of ether oxygens (including phenoxy) is 3. The summed E-state index contributed by atoms with van der Waals surface area (Å²) < 4.78 is 18.1. The SMILES string of the molecule is COCCO[C@H]1C(C(C)(C)C)[C@@H](CC(C)(C)C)O[C@H]1C(C)(C)C. The molecule has 0 spiro atoms. The van der Waals surface area contributed by atoms with Gasteiger partial charge in [-0.25, -0.2) is 0 Å². The summed E-state index contributed by atoms with van der Waals surface area (Å²) in [4.78, 5) is 0. The van der Waals surface area contributed by atoms with Crippen LogP contribution in [0, 0.1) is 22.2 Å². The highest BCUT2D eigenvalue weighted by Crippen LogP contribution is 2.48. The van der Waals surface area contributed by atoms with Crippen LogP contribution in [0.3, 0.4) is 0 Å². The summed E-state index contributed by atoms with van der Waals surface area (Å²) in [5, 5.41) is 0. The molecule has 0 aromatic rings. The molecule has 1 unspecified atom stereocenters. The van der Waals surface area contributed by atoms with E-state index in [-0.39, 0.29) is 34.6 Å². The van der Waals surface area contributed by atoms with Crippen LogP contribution in [-0.2, 0) is 14.2 Å². The summed E-state index contributed by atoms with van der Waals surface area (Å²) in [5.41, 5.74) is 0.458. The van der Waals surface area contributed by atoms with Crippen molar-refractivity contribution in [3.05, 3.63) is 0 Å². The Hall–Kier alpha value is -0.120. The molecule has 0 aromatic heterocycles. The fourth-order valence-electron chi connectivity index (χ4n) is 3.73. The van der Waals surface area contributed by atoms with Crippen molar-refractivity contribution in [3.63, 3.8) is 0 Å². The Labute approximate surface area is 144 Å². The fraction of sp³-hybridized carbons (Fsp3) is 1.00.